The summed E-state index contributed by atoms with van der Waals surface area (Å²) >= 11 is 0. The maximum Gasteiger partial charge on any atom is 0.508 e. The Balaban J connectivity index is 2.19. The van der Waals surface area contributed by atoms with Crippen molar-refractivity contribution in [2.24, 2.45) is 0 Å². The van der Waals surface area contributed by atoms with Crippen LogP contribution in [0.25, 0.3) is 0 Å². The summed E-state index contributed by atoms with van der Waals surface area (Å²) in [5.41, 5.74) is 0.161. The van der Waals surface area contributed by atoms with Gasteiger partial charge in [0.15, 0.2) is 0 Å². The zero-order valence-corrected chi connectivity index (χ0v) is 8.45. The van der Waals surface area contributed by atoms with Crippen LogP contribution in [-0.4, -0.2) is 22.2 Å². The van der Waals surface area contributed by atoms with Crippen molar-refractivity contribution in [3.8, 4) is 11.5 Å². The normalized spacial score (nSPS) is 9.88. The molecule has 0 spiro atoms. The second-order valence-corrected chi connectivity index (χ2v) is 3.21. The van der Waals surface area contributed by atoms with Gasteiger partial charge in [-0.15, -0.1) is 0 Å². The highest BCUT2D eigenvalue weighted by Crippen LogP contribution is 2.18. The first kappa shape index (κ1) is 10.7. The van der Waals surface area contributed by atoms with Gasteiger partial charge in [-0.1, -0.05) is 18.2 Å². The number of aromatic nitrogens is 1. The molecule has 0 radical (unpaired) electrons. The van der Waals surface area contributed by atoms with Crippen molar-refractivity contribution >= 4 is 12.7 Å². The number of benzene rings is 1. The van der Waals surface area contributed by atoms with E-state index in [4.69, 9.17) is 14.8 Å². The van der Waals surface area contributed by atoms with Gasteiger partial charge in [-0.2, -0.15) is 0 Å². The van der Waals surface area contributed by atoms with Gasteiger partial charge >= 0.3 is 7.12 Å². The maximum atomic E-state index is 8.95. The molecule has 0 atom stereocenters. The minimum atomic E-state index is -1.58. The SMILES string of the molecule is OB(O)c1cc(Oc2ccccc2)ccn1. The zero-order valence-electron chi connectivity index (χ0n) is 8.45. The minimum absolute atomic E-state index is 0.161. The molecule has 0 saturated carbocycles. The fourth-order valence-electron chi connectivity index (χ4n) is 1.26. The van der Waals surface area contributed by atoms with E-state index in [0.29, 0.717) is 11.5 Å². The summed E-state index contributed by atoms with van der Waals surface area (Å²) in [6.07, 6.45) is 1.47. The largest absolute Gasteiger partial charge is 0.508 e. The molecule has 2 N–H and O–H groups in total. The molecule has 0 amide bonds. The lowest BCUT2D eigenvalue weighted by Crippen LogP contribution is -2.32. The smallest absolute Gasteiger partial charge is 0.457 e. The summed E-state index contributed by atoms with van der Waals surface area (Å²) in [6.45, 7) is 0. The summed E-state index contributed by atoms with van der Waals surface area (Å²) in [6, 6.07) is 12.4. The molecule has 16 heavy (non-hydrogen) atoms. The van der Waals surface area contributed by atoms with Crippen molar-refractivity contribution in [3.63, 3.8) is 0 Å². The summed E-state index contributed by atoms with van der Waals surface area (Å²) in [7, 11) is -1.58. The maximum absolute atomic E-state index is 8.95. The van der Waals surface area contributed by atoms with Gasteiger partial charge in [0.25, 0.3) is 0 Å². The van der Waals surface area contributed by atoms with Crippen molar-refractivity contribution in [1.82, 2.24) is 4.98 Å². The van der Waals surface area contributed by atoms with Crippen LogP contribution in [0.4, 0.5) is 0 Å². The Hall–Kier alpha value is -1.85. The van der Waals surface area contributed by atoms with Crippen LogP contribution in [0.2, 0.25) is 0 Å². The average molecular weight is 215 g/mol. The van der Waals surface area contributed by atoms with Crippen LogP contribution in [-0.2, 0) is 0 Å². The number of pyridine rings is 1. The first-order valence-corrected chi connectivity index (χ1v) is 4.81. The molecule has 1 heterocycles. The van der Waals surface area contributed by atoms with Gasteiger partial charge in [0.1, 0.15) is 11.5 Å². The van der Waals surface area contributed by atoms with Gasteiger partial charge in [-0.3, -0.25) is 4.98 Å². The van der Waals surface area contributed by atoms with E-state index in [2.05, 4.69) is 4.98 Å². The molecular formula is C11H10BNO3. The average Bonchev–Trinajstić information content (AvgIpc) is 2.30. The highest BCUT2D eigenvalue weighted by molar-refractivity contribution is 6.57. The van der Waals surface area contributed by atoms with Gasteiger partial charge < -0.3 is 14.8 Å². The Bertz CT molecular complexity index is 462. The van der Waals surface area contributed by atoms with E-state index < -0.39 is 7.12 Å². The number of nitrogens with zero attached hydrogens (tertiary/aromatic N) is 1. The molecule has 80 valence electrons. The zero-order chi connectivity index (χ0) is 11.4. The van der Waals surface area contributed by atoms with E-state index in [1.165, 1.54) is 12.3 Å². The van der Waals surface area contributed by atoms with Crippen LogP contribution in [0.1, 0.15) is 0 Å². The standard InChI is InChI=1S/C11H10BNO3/c14-12(15)11-8-10(6-7-13-11)16-9-4-2-1-3-5-9/h1-8,14-15H. The van der Waals surface area contributed by atoms with E-state index >= 15 is 0 Å². The van der Waals surface area contributed by atoms with E-state index in [9.17, 15) is 0 Å². The lowest BCUT2D eigenvalue weighted by Gasteiger charge is -2.06. The van der Waals surface area contributed by atoms with Crippen LogP contribution in [0.5, 0.6) is 11.5 Å². The third-order valence-electron chi connectivity index (χ3n) is 2.00. The van der Waals surface area contributed by atoms with Crippen molar-refractivity contribution in [2.45, 2.75) is 0 Å². The Kier molecular flexibility index (Phi) is 3.19. The lowest BCUT2D eigenvalue weighted by atomic mass is 9.86. The predicted molar refractivity (Wildman–Crippen MR) is 60.6 cm³/mol. The summed E-state index contributed by atoms with van der Waals surface area (Å²) in [5, 5.41) is 17.9. The van der Waals surface area contributed by atoms with E-state index in [1.54, 1.807) is 6.07 Å². The molecule has 0 aliphatic carbocycles. The molecule has 1 aromatic carbocycles. The molecule has 2 rings (SSSR count). The molecular weight excluding hydrogens is 205 g/mol. The van der Waals surface area contributed by atoms with E-state index in [-0.39, 0.29) is 5.59 Å². The third kappa shape index (κ3) is 2.59. The van der Waals surface area contributed by atoms with E-state index in [0.717, 1.165) is 0 Å². The van der Waals surface area contributed by atoms with Crippen LogP contribution < -0.4 is 10.3 Å². The second-order valence-electron chi connectivity index (χ2n) is 3.21. The summed E-state index contributed by atoms with van der Waals surface area (Å²) in [5.74, 6) is 1.20. The molecule has 0 unspecified atom stereocenters. The Morgan fingerprint density at radius 3 is 2.44 bits per heavy atom. The number of rotatable bonds is 3. The molecule has 0 aliphatic heterocycles. The topological polar surface area (TPSA) is 62.6 Å². The highest BCUT2D eigenvalue weighted by atomic mass is 16.5. The van der Waals surface area contributed by atoms with Crippen LogP contribution in [0, 0.1) is 0 Å². The van der Waals surface area contributed by atoms with Gasteiger partial charge in [0.2, 0.25) is 0 Å². The second kappa shape index (κ2) is 4.78. The molecule has 2 aromatic rings. The van der Waals surface area contributed by atoms with Crippen LogP contribution in [0.3, 0.4) is 0 Å². The first-order chi connectivity index (χ1) is 7.75. The van der Waals surface area contributed by atoms with Gasteiger partial charge in [-0.25, -0.2) is 0 Å². The molecule has 0 fully saturated rings. The molecule has 4 nitrogen and oxygen atoms in total. The quantitative estimate of drug-likeness (QED) is 0.734. The Labute approximate surface area is 93.3 Å². The molecule has 1 aromatic heterocycles. The lowest BCUT2D eigenvalue weighted by molar-refractivity contribution is 0.423. The highest BCUT2D eigenvalue weighted by Gasteiger charge is 2.13. The molecule has 0 saturated heterocycles. The predicted octanol–water partition coefficient (Wildman–Crippen LogP) is 0.554. The monoisotopic (exact) mass is 215 g/mol. The van der Waals surface area contributed by atoms with Crippen molar-refractivity contribution < 1.29 is 14.8 Å². The number of hydrogen-bond acceptors (Lipinski definition) is 4. The third-order valence-corrected chi connectivity index (χ3v) is 2.00. The van der Waals surface area contributed by atoms with Crippen molar-refractivity contribution in [2.75, 3.05) is 0 Å². The van der Waals surface area contributed by atoms with Crippen molar-refractivity contribution in [1.29, 1.82) is 0 Å². The summed E-state index contributed by atoms with van der Waals surface area (Å²) in [4.78, 5) is 3.80. The van der Waals surface area contributed by atoms with Gasteiger partial charge in [0.05, 0.1) is 5.59 Å². The number of para-hydroxylation sites is 1. The number of hydrogen-bond donors (Lipinski definition) is 2. The van der Waals surface area contributed by atoms with Gasteiger partial charge in [-0.05, 0) is 24.3 Å². The fraction of sp³-hybridized carbons (Fsp3) is 0. The van der Waals surface area contributed by atoms with Crippen molar-refractivity contribution in [3.05, 3.63) is 48.7 Å². The Morgan fingerprint density at radius 1 is 1.00 bits per heavy atom. The van der Waals surface area contributed by atoms with E-state index in [1.807, 2.05) is 30.3 Å². The molecule has 5 heteroatoms. The fourth-order valence-corrected chi connectivity index (χ4v) is 1.26. The minimum Gasteiger partial charge on any atom is -0.457 e. The van der Waals surface area contributed by atoms with Gasteiger partial charge in [0, 0.05) is 6.20 Å². The summed E-state index contributed by atoms with van der Waals surface area (Å²) < 4.78 is 5.51. The van der Waals surface area contributed by atoms with Crippen LogP contribution >= 0.6 is 0 Å². The number of ether oxygens (including phenoxy) is 1. The molecule has 0 bridgehead atoms. The first-order valence-electron chi connectivity index (χ1n) is 4.81. The van der Waals surface area contributed by atoms with Crippen LogP contribution in [0.15, 0.2) is 48.7 Å². The Morgan fingerprint density at radius 2 is 1.75 bits per heavy atom. The molecule has 0 aliphatic rings.